The van der Waals surface area contributed by atoms with Gasteiger partial charge in [-0.1, -0.05) is 15.9 Å². The number of alkyl halides is 1. The molecule has 0 bridgehead atoms. The first-order valence-electron chi connectivity index (χ1n) is 3.19. The van der Waals surface area contributed by atoms with E-state index in [0.29, 0.717) is 11.9 Å². The molecule has 0 aliphatic carbocycles. The fourth-order valence-electron chi connectivity index (χ4n) is 0.850. The van der Waals surface area contributed by atoms with Gasteiger partial charge in [0, 0.05) is 0 Å². The molecular formula is C6H11BrO3. The van der Waals surface area contributed by atoms with Crippen molar-refractivity contribution in [3.8, 4) is 0 Å². The second-order valence-corrected chi connectivity index (χ2v) is 3.06. The second kappa shape index (κ2) is 3.17. The molecule has 0 saturated carbocycles. The molecule has 1 heterocycles. The smallest absolute Gasteiger partial charge is 0.175 e. The average Bonchev–Trinajstić information content (AvgIpc) is 2.33. The molecule has 10 heavy (non-hydrogen) atoms. The Morgan fingerprint density at radius 2 is 2.50 bits per heavy atom. The van der Waals surface area contributed by atoms with E-state index in [0.717, 1.165) is 0 Å². The van der Waals surface area contributed by atoms with Crippen molar-refractivity contribution >= 4 is 15.9 Å². The molecule has 1 aliphatic heterocycles. The number of halogens is 1. The third-order valence-electron chi connectivity index (χ3n) is 1.44. The van der Waals surface area contributed by atoms with E-state index in [9.17, 15) is 0 Å². The van der Waals surface area contributed by atoms with Crippen molar-refractivity contribution < 1.29 is 14.6 Å². The molecule has 1 saturated heterocycles. The van der Waals surface area contributed by atoms with Crippen LogP contribution in [0.5, 0.6) is 0 Å². The van der Waals surface area contributed by atoms with Gasteiger partial charge in [-0.2, -0.15) is 0 Å². The van der Waals surface area contributed by atoms with Crippen molar-refractivity contribution in [2.24, 2.45) is 0 Å². The van der Waals surface area contributed by atoms with E-state index in [1.165, 1.54) is 0 Å². The Morgan fingerprint density at radius 1 is 1.80 bits per heavy atom. The van der Waals surface area contributed by atoms with Crippen LogP contribution in [0, 0.1) is 0 Å². The Morgan fingerprint density at radius 3 is 2.80 bits per heavy atom. The quantitative estimate of drug-likeness (QED) is 0.676. The van der Waals surface area contributed by atoms with Crippen molar-refractivity contribution in [1.82, 2.24) is 0 Å². The van der Waals surface area contributed by atoms with Crippen molar-refractivity contribution in [2.45, 2.75) is 18.8 Å². The lowest BCUT2D eigenvalue weighted by molar-refractivity contribution is -0.137. The minimum absolute atomic E-state index is 0.0303. The molecule has 0 aromatic heterocycles. The Labute approximate surface area is 68.4 Å². The van der Waals surface area contributed by atoms with Gasteiger partial charge in [-0.05, 0) is 6.92 Å². The van der Waals surface area contributed by atoms with E-state index in [-0.39, 0.29) is 12.7 Å². The van der Waals surface area contributed by atoms with Gasteiger partial charge in [-0.3, -0.25) is 0 Å². The van der Waals surface area contributed by atoms with Gasteiger partial charge in [0.25, 0.3) is 0 Å². The average molecular weight is 211 g/mol. The lowest BCUT2D eigenvalue weighted by atomic mass is 10.4. The number of hydrogen-bond donors (Lipinski definition) is 1. The van der Waals surface area contributed by atoms with Crippen LogP contribution < -0.4 is 0 Å². The van der Waals surface area contributed by atoms with Gasteiger partial charge < -0.3 is 14.6 Å². The summed E-state index contributed by atoms with van der Waals surface area (Å²) in [5.41, 5.74) is 0. The minimum Gasteiger partial charge on any atom is -0.394 e. The molecule has 0 aromatic carbocycles. The van der Waals surface area contributed by atoms with Gasteiger partial charge in [-0.15, -0.1) is 0 Å². The van der Waals surface area contributed by atoms with E-state index in [2.05, 4.69) is 15.9 Å². The monoisotopic (exact) mass is 210 g/mol. The third kappa shape index (κ3) is 1.69. The van der Waals surface area contributed by atoms with E-state index < -0.39 is 5.79 Å². The SMILES string of the molecule is CC1(CBr)OCC(CO)O1. The van der Waals surface area contributed by atoms with Gasteiger partial charge in [0.2, 0.25) is 0 Å². The van der Waals surface area contributed by atoms with Gasteiger partial charge in [0.1, 0.15) is 6.10 Å². The molecule has 0 spiro atoms. The summed E-state index contributed by atoms with van der Waals surface area (Å²) in [6, 6.07) is 0. The summed E-state index contributed by atoms with van der Waals surface area (Å²) in [7, 11) is 0. The number of aliphatic hydroxyl groups is 1. The summed E-state index contributed by atoms with van der Waals surface area (Å²) in [5, 5.41) is 9.31. The van der Waals surface area contributed by atoms with Crippen LogP contribution >= 0.6 is 15.9 Å². The van der Waals surface area contributed by atoms with Crippen LogP contribution in [0.15, 0.2) is 0 Å². The van der Waals surface area contributed by atoms with Gasteiger partial charge in [0.15, 0.2) is 5.79 Å². The predicted molar refractivity (Wildman–Crippen MR) is 40.1 cm³/mol. The van der Waals surface area contributed by atoms with E-state index in [1.54, 1.807) is 0 Å². The summed E-state index contributed by atoms with van der Waals surface area (Å²) in [4.78, 5) is 0. The molecule has 1 rings (SSSR count). The Bertz CT molecular complexity index is 120. The molecule has 1 aliphatic rings. The zero-order valence-electron chi connectivity index (χ0n) is 5.84. The Balaban J connectivity index is 2.41. The molecule has 2 unspecified atom stereocenters. The molecule has 3 nitrogen and oxygen atoms in total. The summed E-state index contributed by atoms with van der Waals surface area (Å²) in [5.74, 6) is -0.534. The maximum Gasteiger partial charge on any atom is 0.175 e. The van der Waals surface area contributed by atoms with Crippen molar-refractivity contribution in [3.63, 3.8) is 0 Å². The number of rotatable bonds is 2. The van der Waals surface area contributed by atoms with E-state index in [4.69, 9.17) is 14.6 Å². The highest BCUT2D eigenvalue weighted by atomic mass is 79.9. The molecule has 0 aromatic rings. The first-order valence-corrected chi connectivity index (χ1v) is 4.31. The van der Waals surface area contributed by atoms with Crippen LogP contribution in [0.2, 0.25) is 0 Å². The van der Waals surface area contributed by atoms with E-state index in [1.807, 2.05) is 6.92 Å². The number of ether oxygens (including phenoxy) is 2. The number of aliphatic hydroxyl groups excluding tert-OH is 1. The highest BCUT2D eigenvalue weighted by Gasteiger charge is 2.35. The lowest BCUT2D eigenvalue weighted by Crippen LogP contribution is -2.29. The summed E-state index contributed by atoms with van der Waals surface area (Å²) >= 11 is 3.26. The Kier molecular flexibility index (Phi) is 2.68. The molecule has 2 atom stereocenters. The maximum absolute atomic E-state index is 8.67. The van der Waals surface area contributed by atoms with Crippen LogP contribution in [0.25, 0.3) is 0 Å². The maximum atomic E-state index is 8.67. The lowest BCUT2D eigenvalue weighted by Gasteiger charge is -2.19. The van der Waals surface area contributed by atoms with Crippen molar-refractivity contribution in [2.75, 3.05) is 18.5 Å². The zero-order chi connectivity index (χ0) is 7.61. The fourth-order valence-corrected chi connectivity index (χ4v) is 1.14. The highest BCUT2D eigenvalue weighted by molar-refractivity contribution is 9.09. The third-order valence-corrected chi connectivity index (χ3v) is 2.46. The summed E-state index contributed by atoms with van der Waals surface area (Å²) in [6.45, 7) is 2.36. The molecular weight excluding hydrogens is 200 g/mol. The highest BCUT2D eigenvalue weighted by Crippen LogP contribution is 2.24. The first-order chi connectivity index (χ1) is 4.70. The van der Waals surface area contributed by atoms with Crippen molar-refractivity contribution in [3.05, 3.63) is 0 Å². The summed E-state index contributed by atoms with van der Waals surface area (Å²) in [6.07, 6.45) is -0.150. The zero-order valence-corrected chi connectivity index (χ0v) is 7.43. The second-order valence-electron chi connectivity index (χ2n) is 2.50. The first kappa shape index (κ1) is 8.46. The van der Waals surface area contributed by atoms with Crippen LogP contribution in [0.4, 0.5) is 0 Å². The van der Waals surface area contributed by atoms with Crippen LogP contribution in [-0.4, -0.2) is 35.5 Å². The topological polar surface area (TPSA) is 38.7 Å². The summed E-state index contributed by atoms with van der Waals surface area (Å²) < 4.78 is 10.6. The van der Waals surface area contributed by atoms with Crippen molar-refractivity contribution in [1.29, 1.82) is 0 Å². The van der Waals surface area contributed by atoms with Gasteiger partial charge in [0.05, 0.1) is 18.5 Å². The number of hydrogen-bond acceptors (Lipinski definition) is 3. The van der Waals surface area contributed by atoms with E-state index >= 15 is 0 Å². The fraction of sp³-hybridized carbons (Fsp3) is 1.00. The van der Waals surface area contributed by atoms with Crippen LogP contribution in [-0.2, 0) is 9.47 Å². The molecule has 4 heteroatoms. The normalized spacial score (nSPS) is 40.5. The van der Waals surface area contributed by atoms with Gasteiger partial charge >= 0.3 is 0 Å². The predicted octanol–water partition coefficient (Wildman–Crippen LogP) is 0.505. The molecule has 0 amide bonds. The molecule has 0 radical (unpaired) electrons. The largest absolute Gasteiger partial charge is 0.394 e. The standard InChI is InChI=1S/C6H11BrO3/c1-6(4-7)9-3-5(2-8)10-6/h5,8H,2-4H2,1H3. The van der Waals surface area contributed by atoms with Crippen LogP contribution in [0.1, 0.15) is 6.92 Å². The van der Waals surface area contributed by atoms with Crippen LogP contribution in [0.3, 0.4) is 0 Å². The Hall–Kier alpha value is 0.360. The minimum atomic E-state index is -0.534. The molecule has 1 N–H and O–H groups in total. The molecule has 60 valence electrons. The molecule has 1 fully saturated rings. The van der Waals surface area contributed by atoms with Gasteiger partial charge in [-0.25, -0.2) is 0 Å².